The number of carbonyl (C=O) groups excluding carboxylic acids is 1. The van der Waals surface area contributed by atoms with Crippen molar-refractivity contribution in [1.29, 1.82) is 0 Å². The number of rotatable bonds is 3. The van der Waals surface area contributed by atoms with Crippen LogP contribution in [0.3, 0.4) is 0 Å². The molecular formula is C22H19F3N4OS. The van der Waals surface area contributed by atoms with Crippen molar-refractivity contribution in [2.45, 2.75) is 31.2 Å². The molecule has 3 aromatic rings. The number of amides is 1. The van der Waals surface area contributed by atoms with Crippen LogP contribution in [0.25, 0.3) is 0 Å². The molecule has 160 valence electrons. The monoisotopic (exact) mass is 444 g/mol. The topological polar surface area (TPSA) is 58.1 Å². The minimum Gasteiger partial charge on any atom is -0.367 e. The number of thiol groups is 1. The molecule has 9 heteroatoms. The van der Waals surface area contributed by atoms with Crippen molar-refractivity contribution < 1.29 is 18.0 Å². The number of aryl methyl sites for hydroxylation is 1. The Morgan fingerprint density at radius 2 is 2.00 bits per heavy atom. The molecule has 0 radical (unpaired) electrons. The molecule has 2 aromatic carbocycles. The molecule has 5 nitrogen and oxygen atoms in total. The van der Waals surface area contributed by atoms with Crippen molar-refractivity contribution in [1.82, 2.24) is 9.97 Å². The van der Waals surface area contributed by atoms with E-state index in [2.05, 4.69) is 32.8 Å². The number of anilines is 2. The lowest BCUT2D eigenvalue weighted by atomic mass is 10.0. The average Bonchev–Trinajstić information content (AvgIpc) is 2.72. The van der Waals surface area contributed by atoms with Crippen LogP contribution in [0, 0.1) is 6.92 Å². The van der Waals surface area contributed by atoms with Crippen molar-refractivity contribution in [3.05, 3.63) is 76.6 Å². The third-order valence-electron chi connectivity index (χ3n) is 5.06. The minimum absolute atomic E-state index is 0.0921. The second kappa shape index (κ2) is 8.22. The van der Waals surface area contributed by atoms with Crippen LogP contribution in [-0.2, 0) is 19.1 Å². The lowest BCUT2D eigenvalue weighted by molar-refractivity contribution is -0.137. The van der Waals surface area contributed by atoms with Crippen LogP contribution in [0.4, 0.5) is 24.5 Å². The van der Waals surface area contributed by atoms with Gasteiger partial charge in [-0.25, -0.2) is 9.97 Å². The number of hydrogen-bond donors (Lipinski definition) is 2. The first-order valence-electron chi connectivity index (χ1n) is 9.58. The maximum absolute atomic E-state index is 12.9. The normalized spacial score (nSPS) is 13.6. The van der Waals surface area contributed by atoms with Crippen molar-refractivity contribution in [2.24, 2.45) is 0 Å². The molecular weight excluding hydrogens is 425 g/mol. The highest BCUT2D eigenvalue weighted by molar-refractivity contribution is 7.80. The molecule has 0 bridgehead atoms. The summed E-state index contributed by atoms with van der Waals surface area (Å²) in [6, 6.07) is 10.0. The number of halogens is 3. The van der Waals surface area contributed by atoms with Crippen molar-refractivity contribution in [3.8, 4) is 0 Å². The molecule has 0 aliphatic carbocycles. The number of nitrogens with zero attached hydrogens (tertiary/aromatic N) is 3. The number of fused-ring (bicyclic) bond motifs is 1. The van der Waals surface area contributed by atoms with Crippen molar-refractivity contribution in [2.75, 3.05) is 16.8 Å². The second-order valence-corrected chi connectivity index (χ2v) is 7.80. The van der Waals surface area contributed by atoms with E-state index < -0.39 is 17.6 Å². The Balaban J connectivity index is 1.56. The van der Waals surface area contributed by atoms with Crippen LogP contribution in [0.5, 0.6) is 0 Å². The maximum Gasteiger partial charge on any atom is 0.416 e. The summed E-state index contributed by atoms with van der Waals surface area (Å²) in [5.41, 5.74) is 3.35. The lowest BCUT2D eigenvalue weighted by Gasteiger charge is -2.30. The third-order valence-corrected chi connectivity index (χ3v) is 5.27. The molecule has 1 aliphatic rings. The molecule has 1 amide bonds. The molecule has 1 N–H and O–H groups in total. The standard InChI is InChI=1S/C22H19F3N4OS/c1-13-7-14(20(30)27-17-4-2-3-16(10-17)22(23,24)25)9-18(8-13)29-6-5-19-15(12-29)11-26-21(31)28-19/h2-4,7-11H,5-6,12H2,1H3,(H,27,30)(H,26,28,31). The Labute approximate surface area is 182 Å². The number of aromatic nitrogens is 2. The molecule has 0 saturated carbocycles. The molecule has 0 fully saturated rings. The predicted molar refractivity (Wildman–Crippen MR) is 115 cm³/mol. The van der Waals surface area contributed by atoms with Gasteiger partial charge in [0, 0.05) is 48.2 Å². The van der Waals surface area contributed by atoms with Crippen LogP contribution in [0.15, 0.2) is 53.8 Å². The Morgan fingerprint density at radius 3 is 2.77 bits per heavy atom. The summed E-state index contributed by atoms with van der Waals surface area (Å²) < 4.78 is 38.8. The third kappa shape index (κ3) is 4.82. The van der Waals surface area contributed by atoms with Crippen LogP contribution in [0.1, 0.15) is 32.7 Å². The SMILES string of the molecule is Cc1cc(C(=O)Nc2cccc(C(F)(F)F)c2)cc(N2CCc3nc(S)ncc3C2)c1. The van der Waals surface area contributed by atoms with Crippen molar-refractivity contribution >= 4 is 29.9 Å². The molecule has 0 atom stereocenters. The van der Waals surface area contributed by atoms with Crippen LogP contribution < -0.4 is 10.2 Å². The van der Waals surface area contributed by atoms with E-state index >= 15 is 0 Å². The van der Waals surface area contributed by atoms with E-state index in [1.54, 1.807) is 18.3 Å². The van der Waals surface area contributed by atoms with E-state index in [0.717, 1.165) is 47.6 Å². The molecule has 0 saturated heterocycles. The lowest BCUT2D eigenvalue weighted by Crippen LogP contribution is -2.31. The molecule has 1 aliphatic heterocycles. The van der Waals surface area contributed by atoms with Gasteiger partial charge in [0.25, 0.3) is 5.91 Å². The summed E-state index contributed by atoms with van der Waals surface area (Å²) in [5.74, 6) is -0.468. The number of alkyl halides is 3. The quantitative estimate of drug-likeness (QED) is 0.445. The maximum atomic E-state index is 12.9. The molecule has 4 rings (SSSR count). The summed E-state index contributed by atoms with van der Waals surface area (Å²) in [6.45, 7) is 3.19. The minimum atomic E-state index is -4.47. The Morgan fingerprint density at radius 1 is 1.19 bits per heavy atom. The van der Waals surface area contributed by atoms with Gasteiger partial charge in [-0.1, -0.05) is 6.07 Å². The summed E-state index contributed by atoms with van der Waals surface area (Å²) >= 11 is 4.18. The van der Waals surface area contributed by atoms with Crippen molar-refractivity contribution in [3.63, 3.8) is 0 Å². The fourth-order valence-corrected chi connectivity index (χ4v) is 3.76. The van der Waals surface area contributed by atoms with E-state index in [4.69, 9.17) is 0 Å². The van der Waals surface area contributed by atoms with E-state index in [1.165, 1.54) is 12.1 Å². The summed E-state index contributed by atoms with van der Waals surface area (Å²) in [6.07, 6.45) is -1.99. The van der Waals surface area contributed by atoms with Crippen LogP contribution >= 0.6 is 12.6 Å². The predicted octanol–water partition coefficient (Wildman–Crippen LogP) is 4.91. The largest absolute Gasteiger partial charge is 0.416 e. The summed E-state index contributed by atoms with van der Waals surface area (Å²) in [7, 11) is 0. The number of benzene rings is 2. The molecule has 2 heterocycles. The van der Waals surface area contributed by atoms with Gasteiger partial charge >= 0.3 is 6.18 Å². The van der Waals surface area contributed by atoms with Gasteiger partial charge in [0.2, 0.25) is 0 Å². The first-order valence-corrected chi connectivity index (χ1v) is 10.0. The van der Waals surface area contributed by atoms with Gasteiger partial charge in [-0.15, -0.1) is 12.6 Å². The van der Waals surface area contributed by atoms with E-state index in [-0.39, 0.29) is 5.69 Å². The van der Waals surface area contributed by atoms with Gasteiger partial charge in [0.1, 0.15) is 0 Å². The summed E-state index contributed by atoms with van der Waals surface area (Å²) in [4.78, 5) is 23.4. The highest BCUT2D eigenvalue weighted by Gasteiger charge is 2.30. The van der Waals surface area contributed by atoms with Gasteiger partial charge < -0.3 is 10.2 Å². The van der Waals surface area contributed by atoms with Gasteiger partial charge in [-0.05, 0) is 48.9 Å². The Bertz CT molecular complexity index is 1150. The average molecular weight is 444 g/mol. The van der Waals surface area contributed by atoms with E-state index in [9.17, 15) is 18.0 Å². The fourth-order valence-electron chi connectivity index (χ4n) is 3.58. The number of nitrogens with one attached hydrogen (secondary N) is 1. The Kier molecular flexibility index (Phi) is 5.62. The van der Waals surface area contributed by atoms with Crippen LogP contribution in [0.2, 0.25) is 0 Å². The Hall–Kier alpha value is -3.07. The van der Waals surface area contributed by atoms with E-state index in [1.807, 2.05) is 13.0 Å². The zero-order chi connectivity index (χ0) is 22.2. The van der Waals surface area contributed by atoms with Gasteiger partial charge in [-0.2, -0.15) is 13.2 Å². The molecule has 31 heavy (non-hydrogen) atoms. The fraction of sp³-hybridized carbons (Fsp3) is 0.227. The van der Waals surface area contributed by atoms with Gasteiger partial charge in [0.15, 0.2) is 5.16 Å². The molecule has 1 aromatic heterocycles. The molecule has 0 spiro atoms. The van der Waals surface area contributed by atoms with Gasteiger partial charge in [-0.3, -0.25) is 4.79 Å². The highest BCUT2D eigenvalue weighted by Crippen LogP contribution is 2.31. The van der Waals surface area contributed by atoms with Gasteiger partial charge in [0.05, 0.1) is 11.3 Å². The second-order valence-electron chi connectivity index (χ2n) is 7.40. The first kappa shape index (κ1) is 21.2. The highest BCUT2D eigenvalue weighted by atomic mass is 32.1. The van der Waals surface area contributed by atoms with E-state index in [0.29, 0.717) is 17.3 Å². The zero-order valence-electron chi connectivity index (χ0n) is 16.6. The summed E-state index contributed by atoms with van der Waals surface area (Å²) in [5, 5.41) is 3.01. The number of hydrogen-bond acceptors (Lipinski definition) is 5. The smallest absolute Gasteiger partial charge is 0.367 e. The first-order chi connectivity index (χ1) is 14.7. The molecule has 0 unspecified atom stereocenters. The number of carbonyl (C=O) groups is 1. The zero-order valence-corrected chi connectivity index (χ0v) is 17.5. The van der Waals surface area contributed by atoms with Crippen LogP contribution in [-0.4, -0.2) is 22.4 Å².